The number of H-pyrrole nitrogens is 1. The van der Waals surface area contributed by atoms with E-state index in [9.17, 15) is 4.79 Å². The van der Waals surface area contributed by atoms with Gasteiger partial charge in [0.05, 0.1) is 5.25 Å². The van der Waals surface area contributed by atoms with Crippen molar-refractivity contribution in [3.63, 3.8) is 0 Å². The highest BCUT2D eigenvalue weighted by Gasteiger charge is 2.20. The number of para-hydroxylation sites is 1. The fraction of sp³-hybridized carbons (Fsp3) is 0.200. The molecule has 2 heterocycles. The predicted molar refractivity (Wildman–Crippen MR) is 105 cm³/mol. The first-order valence-electron chi connectivity index (χ1n) is 8.42. The summed E-state index contributed by atoms with van der Waals surface area (Å²) in [5.74, 6) is 0.0801. The third-order valence-electron chi connectivity index (χ3n) is 4.41. The minimum absolute atomic E-state index is 0.0801. The number of carbonyl (C=O) groups excluding carboxylic acids is 1. The van der Waals surface area contributed by atoms with E-state index in [-0.39, 0.29) is 11.0 Å². The van der Waals surface area contributed by atoms with Crippen LogP contribution in [0.3, 0.4) is 0 Å². The number of ketones is 1. The summed E-state index contributed by atoms with van der Waals surface area (Å²) in [6.45, 7) is 5.83. The van der Waals surface area contributed by atoms with Crippen LogP contribution in [0.2, 0.25) is 0 Å². The van der Waals surface area contributed by atoms with Crippen molar-refractivity contribution in [3.05, 3.63) is 59.2 Å². The van der Waals surface area contributed by atoms with E-state index >= 15 is 0 Å². The fourth-order valence-corrected chi connectivity index (χ4v) is 3.77. The number of aromatic amines is 1. The number of aromatic nitrogens is 4. The number of hydrogen-bond donors (Lipinski definition) is 1. The Kier molecular flexibility index (Phi) is 4.20. The quantitative estimate of drug-likeness (QED) is 0.428. The molecule has 0 saturated carbocycles. The van der Waals surface area contributed by atoms with Crippen molar-refractivity contribution in [2.24, 2.45) is 0 Å². The van der Waals surface area contributed by atoms with E-state index in [1.54, 1.807) is 0 Å². The highest BCUT2D eigenvalue weighted by atomic mass is 32.2. The monoisotopic (exact) mass is 362 g/mol. The number of aryl methyl sites for hydroxylation is 2. The number of rotatable bonds is 4. The van der Waals surface area contributed by atoms with Gasteiger partial charge in [-0.15, -0.1) is 10.2 Å². The molecular weight excluding hydrogens is 344 g/mol. The summed E-state index contributed by atoms with van der Waals surface area (Å²) in [6.07, 6.45) is 0. The number of hydrogen-bond acceptors (Lipinski definition) is 5. The maximum absolute atomic E-state index is 12.8. The maximum Gasteiger partial charge on any atom is 0.211 e. The molecule has 5 nitrogen and oxygen atoms in total. The van der Waals surface area contributed by atoms with Crippen LogP contribution in [-0.4, -0.2) is 31.2 Å². The number of fused-ring (bicyclic) bond motifs is 3. The summed E-state index contributed by atoms with van der Waals surface area (Å²) < 4.78 is 0. The van der Waals surface area contributed by atoms with Gasteiger partial charge in [0.25, 0.3) is 0 Å². The molecule has 2 aromatic carbocycles. The van der Waals surface area contributed by atoms with Gasteiger partial charge in [0, 0.05) is 16.5 Å². The molecule has 4 aromatic rings. The Hall–Kier alpha value is -2.73. The molecule has 0 fully saturated rings. The van der Waals surface area contributed by atoms with E-state index < -0.39 is 0 Å². The Balaban J connectivity index is 1.62. The summed E-state index contributed by atoms with van der Waals surface area (Å²) in [6, 6.07) is 13.8. The summed E-state index contributed by atoms with van der Waals surface area (Å²) >= 11 is 1.33. The number of benzene rings is 2. The molecule has 6 heteroatoms. The first-order chi connectivity index (χ1) is 12.5. The number of thioether (sulfide) groups is 1. The fourth-order valence-electron chi connectivity index (χ4n) is 2.99. The Morgan fingerprint density at radius 3 is 2.77 bits per heavy atom. The number of carbonyl (C=O) groups is 1. The zero-order chi connectivity index (χ0) is 18.3. The van der Waals surface area contributed by atoms with Crippen LogP contribution in [0, 0.1) is 13.8 Å². The Labute approximate surface area is 155 Å². The zero-order valence-electron chi connectivity index (χ0n) is 14.8. The second kappa shape index (κ2) is 6.53. The van der Waals surface area contributed by atoms with Crippen LogP contribution in [0.15, 0.2) is 47.6 Å². The number of Topliss-reactive ketones (excluding diaryl/α,β-unsaturated/α-hetero) is 1. The van der Waals surface area contributed by atoms with Gasteiger partial charge in [-0.1, -0.05) is 47.7 Å². The summed E-state index contributed by atoms with van der Waals surface area (Å²) in [4.78, 5) is 20.6. The largest absolute Gasteiger partial charge is 0.338 e. The van der Waals surface area contributed by atoms with E-state index in [2.05, 4.69) is 20.2 Å². The Morgan fingerprint density at radius 1 is 1.12 bits per heavy atom. The average molecular weight is 362 g/mol. The smallest absolute Gasteiger partial charge is 0.211 e. The van der Waals surface area contributed by atoms with Crippen LogP contribution in [0.4, 0.5) is 0 Å². The van der Waals surface area contributed by atoms with Crippen LogP contribution in [-0.2, 0) is 0 Å². The van der Waals surface area contributed by atoms with Crippen LogP contribution in [0.25, 0.3) is 22.1 Å². The van der Waals surface area contributed by atoms with Crippen molar-refractivity contribution >= 4 is 39.6 Å². The topological polar surface area (TPSA) is 71.5 Å². The van der Waals surface area contributed by atoms with Gasteiger partial charge in [0.2, 0.25) is 5.16 Å². The van der Waals surface area contributed by atoms with E-state index in [0.29, 0.717) is 10.8 Å². The highest BCUT2D eigenvalue weighted by molar-refractivity contribution is 8.00. The van der Waals surface area contributed by atoms with Crippen LogP contribution in [0.1, 0.15) is 28.4 Å². The van der Waals surface area contributed by atoms with Crippen molar-refractivity contribution in [1.29, 1.82) is 0 Å². The van der Waals surface area contributed by atoms with Gasteiger partial charge in [0.15, 0.2) is 11.4 Å². The molecule has 0 aliphatic rings. The second-order valence-electron chi connectivity index (χ2n) is 6.40. The van der Waals surface area contributed by atoms with Crippen molar-refractivity contribution < 1.29 is 4.79 Å². The summed E-state index contributed by atoms with van der Waals surface area (Å²) in [5.41, 5.74) is 5.23. The van der Waals surface area contributed by atoms with Gasteiger partial charge in [-0.05, 0) is 38.5 Å². The van der Waals surface area contributed by atoms with Gasteiger partial charge < -0.3 is 4.98 Å². The molecule has 1 N–H and O–H groups in total. The molecule has 4 rings (SSSR count). The first kappa shape index (κ1) is 16.7. The minimum Gasteiger partial charge on any atom is -0.338 e. The van der Waals surface area contributed by atoms with Crippen molar-refractivity contribution in [1.82, 2.24) is 20.2 Å². The van der Waals surface area contributed by atoms with Crippen LogP contribution < -0.4 is 0 Å². The number of nitrogens with one attached hydrogen (secondary N) is 1. The lowest BCUT2D eigenvalue weighted by molar-refractivity contribution is 0.0993. The van der Waals surface area contributed by atoms with Crippen molar-refractivity contribution in [3.8, 4) is 0 Å². The first-order valence-corrected chi connectivity index (χ1v) is 9.30. The van der Waals surface area contributed by atoms with Gasteiger partial charge in [-0.2, -0.15) is 0 Å². The third-order valence-corrected chi connectivity index (χ3v) is 5.36. The molecule has 0 saturated heterocycles. The third kappa shape index (κ3) is 2.97. The van der Waals surface area contributed by atoms with Gasteiger partial charge in [-0.25, -0.2) is 4.98 Å². The van der Waals surface area contributed by atoms with E-state index in [4.69, 9.17) is 0 Å². The lowest BCUT2D eigenvalue weighted by atomic mass is 10.0. The molecule has 0 unspecified atom stereocenters. The lowest BCUT2D eigenvalue weighted by Crippen LogP contribution is -2.15. The molecule has 0 aliphatic carbocycles. The van der Waals surface area contributed by atoms with Gasteiger partial charge >= 0.3 is 0 Å². The predicted octanol–water partition coefficient (Wildman–Crippen LogP) is 4.49. The number of nitrogens with zero attached hydrogens (tertiary/aromatic N) is 3. The molecule has 0 spiro atoms. The Morgan fingerprint density at radius 2 is 1.92 bits per heavy atom. The van der Waals surface area contributed by atoms with E-state index in [1.807, 2.05) is 63.2 Å². The standard InChI is InChI=1S/C20H18N4OS/c1-11-8-9-12(2)15(10-11)18(25)13(3)26-20-22-19-17(23-24-20)14-6-4-5-7-16(14)21-19/h4-10,13H,1-3H3,(H,21,22,24)/t13-/m1/s1. The molecule has 0 amide bonds. The van der Waals surface area contributed by atoms with Crippen LogP contribution in [0.5, 0.6) is 0 Å². The molecular formula is C20H18N4OS. The Bertz CT molecular complexity index is 1140. The van der Waals surface area contributed by atoms with Crippen molar-refractivity contribution in [2.45, 2.75) is 31.2 Å². The molecule has 1 atom stereocenters. The summed E-state index contributed by atoms with van der Waals surface area (Å²) in [5, 5.41) is 9.73. The SMILES string of the molecule is Cc1ccc(C)c(C(=O)[C@@H](C)Sc2nnc3c(n2)[nH]c2ccccc23)c1. The van der Waals surface area contributed by atoms with Crippen molar-refractivity contribution in [2.75, 3.05) is 0 Å². The second-order valence-corrected chi connectivity index (χ2v) is 7.71. The van der Waals surface area contributed by atoms with Gasteiger partial charge in [-0.3, -0.25) is 4.79 Å². The zero-order valence-corrected chi connectivity index (χ0v) is 15.6. The molecule has 130 valence electrons. The lowest BCUT2D eigenvalue weighted by Gasteiger charge is -2.11. The maximum atomic E-state index is 12.8. The molecule has 0 bridgehead atoms. The summed E-state index contributed by atoms with van der Waals surface area (Å²) in [7, 11) is 0. The normalized spacial score (nSPS) is 12.6. The highest BCUT2D eigenvalue weighted by Crippen LogP contribution is 2.27. The molecule has 26 heavy (non-hydrogen) atoms. The molecule has 0 radical (unpaired) electrons. The van der Waals surface area contributed by atoms with E-state index in [1.165, 1.54) is 11.8 Å². The van der Waals surface area contributed by atoms with Gasteiger partial charge in [0.1, 0.15) is 5.52 Å². The van der Waals surface area contributed by atoms with E-state index in [0.717, 1.165) is 33.1 Å². The minimum atomic E-state index is -0.292. The molecule has 2 aromatic heterocycles. The molecule has 0 aliphatic heterocycles. The average Bonchev–Trinajstić information content (AvgIpc) is 3.00. The van der Waals surface area contributed by atoms with Crippen LogP contribution >= 0.6 is 11.8 Å².